The van der Waals surface area contributed by atoms with E-state index >= 15 is 0 Å². The Hall–Kier alpha value is -1.43. The third kappa shape index (κ3) is 3.53. The monoisotopic (exact) mass is 251 g/mol. The summed E-state index contributed by atoms with van der Waals surface area (Å²) in [6, 6.07) is 6.99. The van der Waals surface area contributed by atoms with Crippen LogP contribution in [0.3, 0.4) is 0 Å². The van der Waals surface area contributed by atoms with Crippen molar-refractivity contribution in [3.8, 4) is 0 Å². The van der Waals surface area contributed by atoms with Gasteiger partial charge in [0.15, 0.2) is 0 Å². The summed E-state index contributed by atoms with van der Waals surface area (Å²) in [5.74, 6) is -0.898. The zero-order chi connectivity index (χ0) is 12.8. The van der Waals surface area contributed by atoms with Gasteiger partial charge >= 0.3 is 5.97 Å². The molecule has 0 amide bonds. The fourth-order valence-electron chi connectivity index (χ4n) is 1.91. The molecule has 18 heavy (non-hydrogen) atoms. The lowest BCUT2D eigenvalue weighted by Gasteiger charge is -2.23. The minimum atomic E-state index is -0.898. The van der Waals surface area contributed by atoms with Crippen molar-refractivity contribution in [1.29, 1.82) is 0 Å². The number of aromatic carboxylic acids is 1. The van der Waals surface area contributed by atoms with Crippen LogP contribution in [0.25, 0.3) is 0 Å². The molecule has 1 aromatic rings. The molecule has 1 aliphatic heterocycles. The number of nitrogens with one attached hydrogen (secondary N) is 1. The van der Waals surface area contributed by atoms with Gasteiger partial charge in [0.05, 0.1) is 31.5 Å². The number of ether oxygens (including phenoxy) is 2. The fourth-order valence-corrected chi connectivity index (χ4v) is 1.91. The number of carbonyl (C=O) groups is 1. The fraction of sp³-hybridized carbons (Fsp3) is 0.462. The molecule has 0 bridgehead atoms. The molecule has 1 heterocycles. The molecule has 1 aliphatic rings. The van der Waals surface area contributed by atoms with Gasteiger partial charge in [-0.25, -0.2) is 4.79 Å². The maximum absolute atomic E-state index is 11.0. The Balaban J connectivity index is 1.84. The Morgan fingerprint density at radius 2 is 2.22 bits per heavy atom. The molecule has 1 saturated heterocycles. The molecule has 0 aromatic heterocycles. The van der Waals surface area contributed by atoms with E-state index in [0.717, 1.165) is 5.56 Å². The quantitative estimate of drug-likeness (QED) is 0.813. The van der Waals surface area contributed by atoms with Crippen LogP contribution in [0.4, 0.5) is 0 Å². The Morgan fingerprint density at radius 1 is 1.39 bits per heavy atom. The first-order valence-corrected chi connectivity index (χ1v) is 5.98. The minimum absolute atomic E-state index is 0.0516. The number of carboxylic acids is 1. The summed E-state index contributed by atoms with van der Waals surface area (Å²) in [6.45, 7) is 3.04. The van der Waals surface area contributed by atoms with Gasteiger partial charge < -0.3 is 19.9 Å². The molecule has 5 nitrogen and oxygen atoms in total. The van der Waals surface area contributed by atoms with Gasteiger partial charge in [-0.15, -0.1) is 0 Å². The third-order valence-corrected chi connectivity index (χ3v) is 2.82. The predicted octanol–water partition coefficient (Wildman–Crippen LogP) is 0.890. The van der Waals surface area contributed by atoms with Gasteiger partial charge in [-0.2, -0.15) is 0 Å². The molecule has 0 spiro atoms. The standard InChI is InChI=1S/C13H17NO4/c15-13(16)12-4-2-1-3-10(12)7-14-8-11-9-17-5-6-18-11/h1-4,11,14H,5-9H2,(H,15,16). The van der Waals surface area contributed by atoms with Crippen LogP contribution in [-0.2, 0) is 16.0 Å². The average Bonchev–Trinajstić information content (AvgIpc) is 2.40. The van der Waals surface area contributed by atoms with Gasteiger partial charge in [0.2, 0.25) is 0 Å². The normalized spacial score (nSPS) is 19.7. The smallest absolute Gasteiger partial charge is 0.336 e. The maximum atomic E-state index is 11.0. The zero-order valence-corrected chi connectivity index (χ0v) is 10.1. The van der Waals surface area contributed by atoms with Crippen molar-refractivity contribution in [1.82, 2.24) is 5.32 Å². The van der Waals surface area contributed by atoms with Crippen molar-refractivity contribution in [2.24, 2.45) is 0 Å². The van der Waals surface area contributed by atoms with Gasteiger partial charge in [-0.3, -0.25) is 0 Å². The molecule has 0 radical (unpaired) electrons. The summed E-state index contributed by atoms with van der Waals surface area (Å²) < 4.78 is 10.8. The highest BCUT2D eigenvalue weighted by molar-refractivity contribution is 5.89. The Bertz CT molecular complexity index is 402. The van der Waals surface area contributed by atoms with Crippen LogP contribution >= 0.6 is 0 Å². The van der Waals surface area contributed by atoms with Gasteiger partial charge in [0.1, 0.15) is 0 Å². The van der Waals surface area contributed by atoms with E-state index in [9.17, 15) is 4.79 Å². The van der Waals surface area contributed by atoms with Gasteiger partial charge in [0, 0.05) is 13.1 Å². The SMILES string of the molecule is O=C(O)c1ccccc1CNCC1COCCO1. The highest BCUT2D eigenvalue weighted by Gasteiger charge is 2.14. The lowest BCUT2D eigenvalue weighted by atomic mass is 10.1. The van der Waals surface area contributed by atoms with Crippen LogP contribution in [0, 0.1) is 0 Å². The second-order valence-corrected chi connectivity index (χ2v) is 4.16. The van der Waals surface area contributed by atoms with Crippen LogP contribution in [-0.4, -0.2) is 43.5 Å². The largest absolute Gasteiger partial charge is 0.478 e. The van der Waals surface area contributed by atoms with E-state index in [0.29, 0.717) is 38.5 Å². The molecule has 0 saturated carbocycles. The molecule has 2 N–H and O–H groups in total. The number of hydrogen-bond acceptors (Lipinski definition) is 4. The van der Waals surface area contributed by atoms with Crippen molar-refractivity contribution < 1.29 is 19.4 Å². The Labute approximate surface area is 106 Å². The second-order valence-electron chi connectivity index (χ2n) is 4.16. The van der Waals surface area contributed by atoms with Crippen molar-refractivity contribution in [3.63, 3.8) is 0 Å². The number of carboxylic acid groups (broad SMARTS) is 1. The molecule has 5 heteroatoms. The summed E-state index contributed by atoms with van der Waals surface area (Å²) >= 11 is 0. The first-order chi connectivity index (χ1) is 8.77. The maximum Gasteiger partial charge on any atom is 0.336 e. The van der Waals surface area contributed by atoms with Crippen LogP contribution in [0.5, 0.6) is 0 Å². The van der Waals surface area contributed by atoms with Gasteiger partial charge in [-0.1, -0.05) is 18.2 Å². The van der Waals surface area contributed by atoms with Crippen LogP contribution < -0.4 is 5.32 Å². The van der Waals surface area contributed by atoms with E-state index in [2.05, 4.69) is 5.32 Å². The molecular weight excluding hydrogens is 234 g/mol. The lowest BCUT2D eigenvalue weighted by molar-refractivity contribution is -0.0864. The van der Waals surface area contributed by atoms with E-state index < -0.39 is 5.97 Å². The number of rotatable bonds is 5. The molecular formula is C13H17NO4. The summed E-state index contributed by atoms with van der Waals surface area (Å²) in [5.41, 5.74) is 1.12. The summed E-state index contributed by atoms with van der Waals surface area (Å²) in [5, 5.41) is 12.2. The van der Waals surface area contributed by atoms with E-state index in [1.165, 1.54) is 0 Å². The van der Waals surface area contributed by atoms with E-state index in [-0.39, 0.29) is 6.10 Å². The molecule has 98 valence electrons. The second kappa shape index (κ2) is 6.49. The predicted molar refractivity (Wildman–Crippen MR) is 65.7 cm³/mol. The van der Waals surface area contributed by atoms with Crippen molar-refractivity contribution in [3.05, 3.63) is 35.4 Å². The average molecular weight is 251 g/mol. The zero-order valence-electron chi connectivity index (χ0n) is 10.1. The van der Waals surface area contributed by atoms with Crippen molar-refractivity contribution in [2.45, 2.75) is 12.6 Å². The molecule has 1 unspecified atom stereocenters. The molecule has 2 rings (SSSR count). The van der Waals surface area contributed by atoms with Crippen LogP contribution in [0.1, 0.15) is 15.9 Å². The highest BCUT2D eigenvalue weighted by atomic mass is 16.6. The van der Waals surface area contributed by atoms with Crippen molar-refractivity contribution >= 4 is 5.97 Å². The Kier molecular flexibility index (Phi) is 4.69. The molecule has 0 aliphatic carbocycles. The topological polar surface area (TPSA) is 67.8 Å². The molecule has 1 atom stereocenters. The third-order valence-electron chi connectivity index (χ3n) is 2.82. The first kappa shape index (κ1) is 13.0. The lowest BCUT2D eigenvalue weighted by Crippen LogP contribution is -2.37. The summed E-state index contributed by atoms with van der Waals surface area (Å²) in [7, 11) is 0. The van der Waals surface area contributed by atoms with Gasteiger partial charge in [0.25, 0.3) is 0 Å². The molecule has 1 aromatic carbocycles. The summed E-state index contributed by atoms with van der Waals surface area (Å²) in [6.07, 6.45) is 0.0516. The number of hydrogen-bond donors (Lipinski definition) is 2. The van der Waals surface area contributed by atoms with E-state index in [1.54, 1.807) is 12.1 Å². The van der Waals surface area contributed by atoms with E-state index in [4.69, 9.17) is 14.6 Å². The number of benzene rings is 1. The summed E-state index contributed by atoms with van der Waals surface area (Å²) in [4.78, 5) is 11.0. The van der Waals surface area contributed by atoms with Crippen molar-refractivity contribution in [2.75, 3.05) is 26.4 Å². The molecule has 1 fully saturated rings. The van der Waals surface area contributed by atoms with Crippen LogP contribution in [0.2, 0.25) is 0 Å². The first-order valence-electron chi connectivity index (χ1n) is 5.98. The van der Waals surface area contributed by atoms with Gasteiger partial charge in [-0.05, 0) is 11.6 Å². The Morgan fingerprint density at radius 3 is 2.94 bits per heavy atom. The highest BCUT2D eigenvalue weighted by Crippen LogP contribution is 2.08. The van der Waals surface area contributed by atoms with Crippen LogP contribution in [0.15, 0.2) is 24.3 Å². The van der Waals surface area contributed by atoms with E-state index in [1.807, 2.05) is 12.1 Å². The minimum Gasteiger partial charge on any atom is -0.478 e.